The monoisotopic (exact) mass is 273 g/mol. The first kappa shape index (κ1) is 13.5. The summed E-state index contributed by atoms with van der Waals surface area (Å²) >= 11 is 0. The average Bonchev–Trinajstić information content (AvgIpc) is 2.85. The van der Waals surface area contributed by atoms with Crippen molar-refractivity contribution in [3.63, 3.8) is 0 Å². The van der Waals surface area contributed by atoms with E-state index < -0.39 is 0 Å². The van der Waals surface area contributed by atoms with Gasteiger partial charge in [-0.3, -0.25) is 4.90 Å². The minimum Gasteiger partial charge on any atom is -0.508 e. The number of benzene rings is 1. The van der Waals surface area contributed by atoms with Crippen molar-refractivity contribution in [3.05, 3.63) is 29.0 Å². The molecule has 1 heterocycles. The van der Waals surface area contributed by atoms with E-state index in [2.05, 4.69) is 18.7 Å². The van der Waals surface area contributed by atoms with Gasteiger partial charge < -0.3 is 9.52 Å². The number of hydrogen-bond donors (Lipinski definition) is 1. The first-order valence-electron chi connectivity index (χ1n) is 7.72. The Morgan fingerprint density at radius 1 is 1.15 bits per heavy atom. The van der Waals surface area contributed by atoms with Gasteiger partial charge in [-0.1, -0.05) is 13.8 Å². The van der Waals surface area contributed by atoms with Crippen LogP contribution in [0.4, 0.5) is 0 Å². The molecule has 20 heavy (non-hydrogen) atoms. The predicted molar refractivity (Wildman–Crippen MR) is 81.1 cm³/mol. The summed E-state index contributed by atoms with van der Waals surface area (Å²) in [7, 11) is 0. The molecule has 0 atom stereocenters. The molecule has 0 spiro atoms. The number of furan rings is 1. The molecule has 0 amide bonds. The second-order valence-corrected chi connectivity index (χ2v) is 5.61. The van der Waals surface area contributed by atoms with E-state index in [9.17, 15) is 5.11 Å². The Labute approximate surface area is 120 Å². The smallest absolute Gasteiger partial charge is 0.135 e. The van der Waals surface area contributed by atoms with E-state index in [1.165, 1.54) is 23.8 Å². The third-order valence-corrected chi connectivity index (χ3v) is 4.48. The summed E-state index contributed by atoms with van der Waals surface area (Å²) in [6.07, 6.45) is 4.55. The quantitative estimate of drug-likeness (QED) is 0.919. The SMILES string of the molecule is CCN(CC)Cc1c(O)ccc2oc3c(c12)CCCC3. The van der Waals surface area contributed by atoms with Crippen molar-refractivity contribution in [1.82, 2.24) is 4.90 Å². The van der Waals surface area contributed by atoms with Crippen molar-refractivity contribution in [2.75, 3.05) is 13.1 Å². The highest BCUT2D eigenvalue weighted by molar-refractivity contribution is 5.88. The highest BCUT2D eigenvalue weighted by Gasteiger charge is 2.22. The van der Waals surface area contributed by atoms with Gasteiger partial charge in [0.05, 0.1) is 0 Å². The lowest BCUT2D eigenvalue weighted by molar-refractivity contribution is 0.292. The van der Waals surface area contributed by atoms with Crippen LogP contribution in [-0.4, -0.2) is 23.1 Å². The van der Waals surface area contributed by atoms with Gasteiger partial charge in [0.1, 0.15) is 17.1 Å². The molecule has 1 aliphatic carbocycles. The second kappa shape index (κ2) is 5.49. The van der Waals surface area contributed by atoms with Crippen LogP contribution in [0.2, 0.25) is 0 Å². The van der Waals surface area contributed by atoms with Gasteiger partial charge in [-0.15, -0.1) is 0 Å². The van der Waals surface area contributed by atoms with Gasteiger partial charge in [-0.05, 0) is 44.5 Å². The lowest BCUT2D eigenvalue weighted by Gasteiger charge is -2.20. The molecule has 0 radical (unpaired) electrons. The fraction of sp³-hybridized carbons (Fsp3) is 0.529. The lowest BCUT2D eigenvalue weighted by atomic mass is 9.93. The molecule has 0 saturated heterocycles. The molecule has 1 N–H and O–H groups in total. The Balaban J connectivity index is 2.13. The van der Waals surface area contributed by atoms with E-state index >= 15 is 0 Å². The molecule has 0 unspecified atom stereocenters. The highest BCUT2D eigenvalue weighted by atomic mass is 16.3. The molecule has 2 aromatic rings. The molecule has 0 saturated carbocycles. The van der Waals surface area contributed by atoms with E-state index in [4.69, 9.17) is 4.42 Å². The fourth-order valence-electron chi connectivity index (χ4n) is 3.25. The maximum absolute atomic E-state index is 10.3. The standard InChI is InChI=1S/C17H23NO2/c1-3-18(4-2)11-13-14(19)9-10-16-17(13)12-7-5-6-8-15(12)20-16/h9-10,19H,3-8,11H2,1-2H3. The van der Waals surface area contributed by atoms with Crippen LogP contribution in [0.25, 0.3) is 11.0 Å². The maximum atomic E-state index is 10.3. The zero-order valence-electron chi connectivity index (χ0n) is 12.4. The second-order valence-electron chi connectivity index (χ2n) is 5.61. The summed E-state index contributed by atoms with van der Waals surface area (Å²) in [5.74, 6) is 1.54. The van der Waals surface area contributed by atoms with Crippen LogP contribution in [-0.2, 0) is 19.4 Å². The summed E-state index contributed by atoms with van der Waals surface area (Å²) in [5.41, 5.74) is 3.32. The Morgan fingerprint density at radius 2 is 1.90 bits per heavy atom. The van der Waals surface area contributed by atoms with E-state index in [1.807, 2.05) is 6.07 Å². The third kappa shape index (κ3) is 2.20. The molecule has 1 aromatic heterocycles. The van der Waals surface area contributed by atoms with Crippen molar-refractivity contribution < 1.29 is 9.52 Å². The average molecular weight is 273 g/mol. The molecule has 1 aromatic carbocycles. The maximum Gasteiger partial charge on any atom is 0.135 e. The predicted octanol–water partition coefficient (Wildman–Crippen LogP) is 3.86. The number of fused-ring (bicyclic) bond motifs is 3. The third-order valence-electron chi connectivity index (χ3n) is 4.48. The van der Waals surface area contributed by atoms with Crippen molar-refractivity contribution in [2.24, 2.45) is 0 Å². The molecule has 0 bridgehead atoms. The van der Waals surface area contributed by atoms with Crippen LogP contribution in [0.5, 0.6) is 5.75 Å². The van der Waals surface area contributed by atoms with Gasteiger partial charge in [0, 0.05) is 29.5 Å². The Bertz CT molecular complexity index is 611. The van der Waals surface area contributed by atoms with Crippen LogP contribution in [0.1, 0.15) is 43.6 Å². The molecular weight excluding hydrogens is 250 g/mol. The number of phenols is 1. The molecule has 3 nitrogen and oxygen atoms in total. The fourth-order valence-corrected chi connectivity index (χ4v) is 3.25. The van der Waals surface area contributed by atoms with E-state index in [0.29, 0.717) is 5.75 Å². The van der Waals surface area contributed by atoms with Crippen molar-refractivity contribution in [1.29, 1.82) is 0 Å². The molecule has 0 fully saturated rings. The van der Waals surface area contributed by atoms with Crippen LogP contribution in [0, 0.1) is 0 Å². The van der Waals surface area contributed by atoms with Gasteiger partial charge in [-0.25, -0.2) is 0 Å². The molecular formula is C17H23NO2. The molecule has 3 rings (SSSR count). The van der Waals surface area contributed by atoms with Crippen molar-refractivity contribution >= 4 is 11.0 Å². The Kier molecular flexibility index (Phi) is 3.70. The van der Waals surface area contributed by atoms with E-state index in [1.54, 1.807) is 6.07 Å². The first-order chi connectivity index (χ1) is 9.74. The minimum atomic E-state index is 0.401. The zero-order chi connectivity index (χ0) is 14.1. The number of aromatic hydroxyl groups is 1. The highest BCUT2D eigenvalue weighted by Crippen LogP contribution is 2.37. The zero-order valence-corrected chi connectivity index (χ0v) is 12.4. The number of nitrogens with zero attached hydrogens (tertiary/aromatic N) is 1. The number of phenolic OH excluding ortho intramolecular Hbond substituents is 1. The topological polar surface area (TPSA) is 36.6 Å². The number of hydrogen-bond acceptors (Lipinski definition) is 3. The minimum absolute atomic E-state index is 0.401. The molecule has 1 aliphatic rings. The van der Waals surface area contributed by atoms with Crippen LogP contribution >= 0.6 is 0 Å². The molecule has 3 heteroatoms. The van der Waals surface area contributed by atoms with E-state index in [-0.39, 0.29) is 0 Å². The summed E-state index contributed by atoms with van der Waals surface area (Å²) in [5, 5.41) is 11.5. The summed E-state index contributed by atoms with van der Waals surface area (Å²) < 4.78 is 6.01. The van der Waals surface area contributed by atoms with Gasteiger partial charge in [0.15, 0.2) is 0 Å². The van der Waals surface area contributed by atoms with E-state index in [0.717, 1.165) is 49.4 Å². The van der Waals surface area contributed by atoms with Crippen LogP contribution in [0.3, 0.4) is 0 Å². The first-order valence-corrected chi connectivity index (χ1v) is 7.72. The van der Waals surface area contributed by atoms with Gasteiger partial charge in [-0.2, -0.15) is 0 Å². The lowest BCUT2D eigenvalue weighted by Crippen LogP contribution is -2.22. The Morgan fingerprint density at radius 3 is 2.65 bits per heavy atom. The normalized spacial score (nSPS) is 14.9. The van der Waals surface area contributed by atoms with Gasteiger partial charge in [0.25, 0.3) is 0 Å². The van der Waals surface area contributed by atoms with Gasteiger partial charge in [0.2, 0.25) is 0 Å². The van der Waals surface area contributed by atoms with Gasteiger partial charge >= 0.3 is 0 Å². The summed E-state index contributed by atoms with van der Waals surface area (Å²) in [6, 6.07) is 3.69. The van der Waals surface area contributed by atoms with Crippen molar-refractivity contribution in [3.8, 4) is 5.75 Å². The van der Waals surface area contributed by atoms with Crippen LogP contribution < -0.4 is 0 Å². The molecule has 108 valence electrons. The number of rotatable bonds is 4. The largest absolute Gasteiger partial charge is 0.508 e. The Hall–Kier alpha value is -1.48. The van der Waals surface area contributed by atoms with Crippen molar-refractivity contribution in [2.45, 2.75) is 46.1 Å². The van der Waals surface area contributed by atoms with Crippen LogP contribution in [0.15, 0.2) is 16.5 Å². The summed E-state index contributed by atoms with van der Waals surface area (Å²) in [6.45, 7) is 7.10. The number of aryl methyl sites for hydroxylation is 2. The summed E-state index contributed by atoms with van der Waals surface area (Å²) in [4.78, 5) is 2.33. The molecule has 0 aliphatic heterocycles.